The molecule has 1 fully saturated rings. The molecule has 1 saturated carbocycles. The lowest BCUT2D eigenvalue weighted by Gasteiger charge is -2.09. The van der Waals surface area contributed by atoms with E-state index in [0.29, 0.717) is 16.2 Å². The van der Waals surface area contributed by atoms with Crippen molar-refractivity contribution in [3.05, 3.63) is 34.3 Å². The minimum atomic E-state index is -0.304. The quantitative estimate of drug-likeness (QED) is 0.751. The first-order chi connectivity index (χ1) is 9.63. The van der Waals surface area contributed by atoms with Crippen molar-refractivity contribution in [3.63, 3.8) is 0 Å². The van der Waals surface area contributed by atoms with E-state index in [9.17, 15) is 4.79 Å². The van der Waals surface area contributed by atoms with Crippen molar-refractivity contribution in [1.29, 1.82) is 0 Å². The average Bonchev–Trinajstić information content (AvgIpc) is 3.15. The molecule has 0 atom stereocenters. The molecule has 2 aromatic rings. The van der Waals surface area contributed by atoms with Gasteiger partial charge in [-0.1, -0.05) is 0 Å². The lowest BCUT2D eigenvalue weighted by Crippen LogP contribution is -2.20. The number of carbonyl (C=O) groups excluding carboxylic acids is 1. The molecule has 7 heteroatoms. The second kappa shape index (κ2) is 5.24. The number of carbonyl (C=O) groups is 1. The molecular weight excluding hydrogens is 322 g/mol. The molecule has 2 amide bonds. The number of amides is 2. The Bertz CT molecular complexity index is 650. The summed E-state index contributed by atoms with van der Waals surface area (Å²) < 4.78 is 0.605. The van der Waals surface area contributed by atoms with E-state index in [1.165, 1.54) is 0 Å². The molecule has 2 heterocycles. The van der Waals surface area contributed by atoms with Crippen LogP contribution < -0.4 is 10.6 Å². The van der Waals surface area contributed by atoms with E-state index in [0.717, 1.165) is 29.8 Å². The predicted molar refractivity (Wildman–Crippen MR) is 79.9 cm³/mol. The zero-order valence-electron chi connectivity index (χ0n) is 10.9. The summed E-state index contributed by atoms with van der Waals surface area (Å²) >= 11 is 3.31. The Morgan fingerprint density at radius 1 is 1.35 bits per heavy atom. The highest BCUT2D eigenvalue weighted by atomic mass is 79.9. The van der Waals surface area contributed by atoms with Crippen LogP contribution in [0.5, 0.6) is 0 Å². The molecular formula is C13H14BrN5O. The summed E-state index contributed by atoms with van der Waals surface area (Å²) in [5, 5.41) is 12.5. The summed E-state index contributed by atoms with van der Waals surface area (Å²) in [5.41, 5.74) is 3.35. The van der Waals surface area contributed by atoms with E-state index >= 15 is 0 Å². The molecule has 3 rings (SSSR count). The fourth-order valence-corrected chi connectivity index (χ4v) is 2.31. The molecule has 0 aromatic carbocycles. The molecule has 0 unspecified atom stereocenters. The van der Waals surface area contributed by atoms with Gasteiger partial charge < -0.3 is 10.6 Å². The number of pyridine rings is 1. The van der Waals surface area contributed by atoms with Crippen LogP contribution in [0, 0.1) is 6.92 Å². The topological polar surface area (TPSA) is 82.7 Å². The maximum Gasteiger partial charge on any atom is 0.323 e. The Morgan fingerprint density at radius 3 is 2.85 bits per heavy atom. The first kappa shape index (κ1) is 13.1. The smallest absolute Gasteiger partial charge is 0.305 e. The van der Waals surface area contributed by atoms with Crippen molar-refractivity contribution in [2.24, 2.45) is 0 Å². The normalized spacial score (nSPS) is 14.1. The highest BCUT2D eigenvalue weighted by Gasteiger charge is 2.28. The Kier molecular flexibility index (Phi) is 3.43. The van der Waals surface area contributed by atoms with Crippen molar-refractivity contribution in [3.8, 4) is 0 Å². The van der Waals surface area contributed by atoms with E-state index < -0.39 is 0 Å². The predicted octanol–water partition coefficient (Wildman–Crippen LogP) is 3.40. The van der Waals surface area contributed by atoms with Gasteiger partial charge in [-0.2, -0.15) is 5.10 Å². The summed E-state index contributed by atoms with van der Waals surface area (Å²) in [5.74, 6) is 0.500. The Balaban J connectivity index is 1.70. The highest BCUT2D eigenvalue weighted by Crippen LogP contribution is 2.42. The summed E-state index contributed by atoms with van der Waals surface area (Å²) in [7, 11) is 0. The number of aromatic amines is 1. The maximum absolute atomic E-state index is 12.0. The maximum atomic E-state index is 12.0. The van der Waals surface area contributed by atoms with Gasteiger partial charge in [0.15, 0.2) is 0 Å². The van der Waals surface area contributed by atoms with Gasteiger partial charge in [-0.05, 0) is 47.3 Å². The summed E-state index contributed by atoms with van der Waals surface area (Å²) in [4.78, 5) is 16.2. The third-order valence-electron chi connectivity index (χ3n) is 3.13. The van der Waals surface area contributed by atoms with Crippen LogP contribution >= 0.6 is 15.9 Å². The van der Waals surface area contributed by atoms with Crippen LogP contribution in [0.15, 0.2) is 23.1 Å². The van der Waals surface area contributed by atoms with Crippen molar-refractivity contribution in [2.45, 2.75) is 25.7 Å². The van der Waals surface area contributed by atoms with Crippen LogP contribution in [0.3, 0.4) is 0 Å². The molecule has 1 aliphatic rings. The van der Waals surface area contributed by atoms with Crippen LogP contribution in [0.1, 0.15) is 30.0 Å². The van der Waals surface area contributed by atoms with Crippen LogP contribution in [0.2, 0.25) is 0 Å². The Labute approximate surface area is 124 Å². The number of hydrogen-bond donors (Lipinski definition) is 3. The van der Waals surface area contributed by atoms with Gasteiger partial charge in [0.05, 0.1) is 23.3 Å². The summed E-state index contributed by atoms with van der Waals surface area (Å²) in [6.07, 6.45) is 5.66. The van der Waals surface area contributed by atoms with Crippen LogP contribution in [0.4, 0.5) is 16.2 Å². The number of urea groups is 1. The average molecular weight is 336 g/mol. The Hall–Kier alpha value is -1.89. The number of aryl methyl sites for hydroxylation is 1. The van der Waals surface area contributed by atoms with Crippen LogP contribution in [-0.4, -0.2) is 21.2 Å². The van der Waals surface area contributed by atoms with Gasteiger partial charge >= 0.3 is 6.03 Å². The van der Waals surface area contributed by atoms with Gasteiger partial charge in [0.25, 0.3) is 0 Å². The molecule has 0 aliphatic heterocycles. The van der Waals surface area contributed by atoms with E-state index in [4.69, 9.17) is 0 Å². The molecule has 2 aromatic heterocycles. The number of halogens is 1. The number of anilines is 2. The number of nitrogens with one attached hydrogen (secondary N) is 3. The van der Waals surface area contributed by atoms with Crippen molar-refractivity contribution < 1.29 is 4.79 Å². The van der Waals surface area contributed by atoms with Gasteiger partial charge in [-0.15, -0.1) is 0 Å². The van der Waals surface area contributed by atoms with E-state index in [2.05, 4.69) is 41.7 Å². The third-order valence-corrected chi connectivity index (χ3v) is 3.76. The first-order valence-corrected chi connectivity index (χ1v) is 7.16. The molecule has 0 radical (unpaired) electrons. The number of H-pyrrole nitrogens is 1. The summed E-state index contributed by atoms with van der Waals surface area (Å²) in [6.45, 7) is 1.92. The molecule has 0 bridgehead atoms. The highest BCUT2D eigenvalue weighted by molar-refractivity contribution is 9.10. The van der Waals surface area contributed by atoms with Crippen LogP contribution in [0.25, 0.3) is 0 Å². The number of nitrogens with zero attached hydrogens (tertiary/aromatic N) is 2. The molecule has 3 N–H and O–H groups in total. The first-order valence-electron chi connectivity index (χ1n) is 6.37. The largest absolute Gasteiger partial charge is 0.323 e. The lowest BCUT2D eigenvalue weighted by molar-refractivity contribution is 0.262. The third kappa shape index (κ3) is 2.82. The standard InChI is InChI=1S/C13H14BrN5O/c1-7-4-9(12(14)15-5-7)17-13(20)18-10-6-16-19-11(10)8-2-3-8/h4-6,8H,2-3H2,1H3,(H,16,19)(H2,17,18,20). The van der Waals surface area contributed by atoms with Gasteiger partial charge in [0.1, 0.15) is 4.60 Å². The second-order valence-electron chi connectivity index (χ2n) is 4.90. The zero-order chi connectivity index (χ0) is 14.1. The minimum absolute atomic E-state index is 0.304. The lowest BCUT2D eigenvalue weighted by atomic mass is 10.2. The SMILES string of the molecule is Cc1cnc(Br)c(NC(=O)Nc2cn[nH]c2C2CC2)c1. The molecule has 0 saturated heterocycles. The fraction of sp³-hybridized carbons (Fsp3) is 0.308. The Morgan fingerprint density at radius 2 is 2.10 bits per heavy atom. The van der Waals surface area contributed by atoms with Crippen LogP contribution in [-0.2, 0) is 0 Å². The van der Waals surface area contributed by atoms with E-state index in [-0.39, 0.29) is 6.03 Å². The molecule has 104 valence electrons. The molecule has 6 nitrogen and oxygen atoms in total. The summed E-state index contributed by atoms with van der Waals surface area (Å²) in [6, 6.07) is 1.55. The van der Waals surface area contributed by atoms with Crippen molar-refractivity contribution >= 4 is 33.3 Å². The number of rotatable bonds is 3. The van der Waals surface area contributed by atoms with Gasteiger partial charge in [-0.25, -0.2) is 9.78 Å². The van der Waals surface area contributed by atoms with E-state index in [1.807, 2.05) is 13.0 Å². The fourth-order valence-electron chi connectivity index (χ4n) is 2.00. The number of hydrogen-bond acceptors (Lipinski definition) is 3. The monoisotopic (exact) mass is 335 g/mol. The zero-order valence-corrected chi connectivity index (χ0v) is 12.5. The minimum Gasteiger partial charge on any atom is -0.305 e. The van der Waals surface area contributed by atoms with Crippen molar-refractivity contribution in [2.75, 3.05) is 10.6 Å². The van der Waals surface area contributed by atoms with Crippen molar-refractivity contribution in [1.82, 2.24) is 15.2 Å². The molecule has 20 heavy (non-hydrogen) atoms. The molecule has 1 aliphatic carbocycles. The van der Waals surface area contributed by atoms with Gasteiger partial charge in [0, 0.05) is 12.1 Å². The van der Waals surface area contributed by atoms with Gasteiger partial charge in [0.2, 0.25) is 0 Å². The number of aromatic nitrogens is 3. The van der Waals surface area contributed by atoms with E-state index in [1.54, 1.807) is 12.4 Å². The second-order valence-corrected chi connectivity index (χ2v) is 5.65. The molecule has 0 spiro atoms. The van der Waals surface area contributed by atoms with Gasteiger partial charge in [-0.3, -0.25) is 5.10 Å².